The molecule has 3 aromatic carbocycles. The zero-order valence-corrected chi connectivity index (χ0v) is 17.4. The van der Waals surface area contributed by atoms with Crippen molar-refractivity contribution >= 4 is 29.4 Å². The molecule has 5 nitrogen and oxygen atoms in total. The first kappa shape index (κ1) is 19.6. The van der Waals surface area contributed by atoms with Gasteiger partial charge in [0, 0.05) is 16.6 Å². The molecule has 1 amide bonds. The second kappa shape index (κ2) is 7.43. The number of aliphatic carboxylic acids is 1. The first-order chi connectivity index (χ1) is 15.0. The molecule has 3 aromatic rings. The molecule has 0 radical (unpaired) electrons. The lowest BCUT2D eigenvalue weighted by atomic mass is 9.98. The van der Waals surface area contributed by atoms with Crippen LogP contribution in [0.5, 0.6) is 0 Å². The first-order valence-electron chi connectivity index (χ1n) is 10.2. The smallest absolute Gasteiger partial charge is 0.415 e. The van der Waals surface area contributed by atoms with E-state index in [0.717, 1.165) is 22.3 Å². The summed E-state index contributed by atoms with van der Waals surface area (Å²) in [5.74, 6) is -1.13. The number of anilines is 1. The van der Waals surface area contributed by atoms with Crippen molar-refractivity contribution in [1.29, 1.82) is 0 Å². The number of halogens is 1. The molecule has 0 unspecified atom stereocenters. The van der Waals surface area contributed by atoms with Gasteiger partial charge in [0.15, 0.2) is 0 Å². The molecule has 5 rings (SSSR count). The normalized spacial score (nSPS) is 15.6. The number of nitrogens with zero attached hydrogens (tertiary/aromatic N) is 1. The highest BCUT2D eigenvalue weighted by Crippen LogP contribution is 2.47. The van der Waals surface area contributed by atoms with E-state index in [1.807, 2.05) is 36.4 Å². The number of carboxylic acid groups (broad SMARTS) is 1. The first-order valence-corrected chi connectivity index (χ1v) is 10.5. The standard InChI is InChI=1S/C25H20ClNO4/c26-16-9-11-17(12-10-16)27(25(13-14-25)23(28)29)24(30)31-15-22-20-7-3-1-5-18(20)19-6-2-4-8-21(19)22/h1-12,22H,13-15H2,(H,28,29). The number of carboxylic acids is 1. The average Bonchev–Trinajstić information content (AvgIpc) is 3.52. The Morgan fingerprint density at radius 2 is 1.48 bits per heavy atom. The van der Waals surface area contributed by atoms with Crippen molar-refractivity contribution in [3.8, 4) is 11.1 Å². The molecule has 6 heteroatoms. The van der Waals surface area contributed by atoms with Gasteiger partial charge in [0.25, 0.3) is 0 Å². The lowest BCUT2D eigenvalue weighted by Gasteiger charge is -2.29. The highest BCUT2D eigenvalue weighted by molar-refractivity contribution is 6.30. The molecule has 156 valence electrons. The van der Waals surface area contributed by atoms with Crippen LogP contribution in [0.25, 0.3) is 11.1 Å². The number of hydrogen-bond acceptors (Lipinski definition) is 3. The van der Waals surface area contributed by atoms with Crippen molar-refractivity contribution in [2.24, 2.45) is 0 Å². The van der Waals surface area contributed by atoms with Crippen LogP contribution >= 0.6 is 11.6 Å². The summed E-state index contributed by atoms with van der Waals surface area (Å²) in [5, 5.41) is 10.3. The Morgan fingerprint density at radius 3 is 2.00 bits per heavy atom. The van der Waals surface area contributed by atoms with Gasteiger partial charge >= 0.3 is 12.1 Å². The molecule has 1 saturated carbocycles. The monoisotopic (exact) mass is 433 g/mol. The summed E-state index contributed by atoms with van der Waals surface area (Å²) >= 11 is 5.98. The van der Waals surface area contributed by atoms with E-state index in [4.69, 9.17) is 16.3 Å². The van der Waals surface area contributed by atoms with Crippen molar-refractivity contribution in [3.63, 3.8) is 0 Å². The zero-order chi connectivity index (χ0) is 21.6. The van der Waals surface area contributed by atoms with Crippen molar-refractivity contribution in [2.45, 2.75) is 24.3 Å². The molecule has 0 saturated heterocycles. The van der Waals surface area contributed by atoms with Crippen LogP contribution in [0, 0.1) is 0 Å². The SMILES string of the molecule is O=C(OCC1c2ccccc2-c2ccccc21)N(c1ccc(Cl)cc1)C1(C(=O)O)CC1. The number of fused-ring (bicyclic) bond motifs is 3. The summed E-state index contributed by atoms with van der Waals surface area (Å²) in [6.07, 6.45) is 0.105. The Bertz CT molecular complexity index is 1120. The van der Waals surface area contributed by atoms with Gasteiger partial charge in [0.2, 0.25) is 0 Å². The van der Waals surface area contributed by atoms with Crippen molar-refractivity contribution in [1.82, 2.24) is 0 Å². The highest BCUT2D eigenvalue weighted by atomic mass is 35.5. The third-order valence-corrected chi connectivity index (χ3v) is 6.41. The number of amides is 1. The predicted molar refractivity (Wildman–Crippen MR) is 119 cm³/mol. The molecule has 0 aromatic heterocycles. The molecule has 1 N–H and O–H groups in total. The van der Waals surface area contributed by atoms with E-state index in [1.54, 1.807) is 24.3 Å². The lowest BCUT2D eigenvalue weighted by Crippen LogP contribution is -2.48. The molecular weight excluding hydrogens is 414 g/mol. The van der Waals surface area contributed by atoms with E-state index in [-0.39, 0.29) is 12.5 Å². The molecule has 0 spiro atoms. The van der Waals surface area contributed by atoms with Gasteiger partial charge < -0.3 is 9.84 Å². The van der Waals surface area contributed by atoms with Crippen LogP contribution in [0.3, 0.4) is 0 Å². The molecule has 31 heavy (non-hydrogen) atoms. The van der Waals surface area contributed by atoms with Gasteiger partial charge in [0.05, 0.1) is 0 Å². The van der Waals surface area contributed by atoms with Crippen LogP contribution in [0.2, 0.25) is 5.02 Å². The topological polar surface area (TPSA) is 66.8 Å². The fourth-order valence-electron chi connectivity index (χ4n) is 4.43. The summed E-state index contributed by atoms with van der Waals surface area (Å²) in [4.78, 5) is 26.5. The van der Waals surface area contributed by atoms with Crippen LogP contribution in [0.15, 0.2) is 72.8 Å². The summed E-state index contributed by atoms with van der Waals surface area (Å²) in [7, 11) is 0. The Balaban J connectivity index is 1.43. The summed E-state index contributed by atoms with van der Waals surface area (Å²) in [6, 6.07) is 22.7. The third kappa shape index (κ3) is 3.26. The zero-order valence-electron chi connectivity index (χ0n) is 16.6. The molecule has 0 aliphatic heterocycles. The second-order valence-corrected chi connectivity index (χ2v) is 8.39. The van der Waals surface area contributed by atoms with Crippen molar-refractivity contribution in [2.75, 3.05) is 11.5 Å². The van der Waals surface area contributed by atoms with Gasteiger partial charge in [0.1, 0.15) is 12.1 Å². The molecule has 2 aliphatic carbocycles. The lowest BCUT2D eigenvalue weighted by molar-refractivity contribution is -0.139. The fourth-order valence-corrected chi connectivity index (χ4v) is 4.55. The Hall–Kier alpha value is -3.31. The van der Waals surface area contributed by atoms with Crippen LogP contribution in [0.4, 0.5) is 10.5 Å². The van der Waals surface area contributed by atoms with E-state index >= 15 is 0 Å². The van der Waals surface area contributed by atoms with Gasteiger partial charge in [-0.2, -0.15) is 0 Å². The second-order valence-electron chi connectivity index (χ2n) is 7.95. The van der Waals surface area contributed by atoms with Crippen molar-refractivity contribution in [3.05, 3.63) is 88.9 Å². The number of ether oxygens (including phenoxy) is 1. The molecule has 0 bridgehead atoms. The largest absolute Gasteiger partial charge is 0.479 e. The van der Waals surface area contributed by atoms with E-state index in [2.05, 4.69) is 12.1 Å². The van der Waals surface area contributed by atoms with E-state index in [9.17, 15) is 14.7 Å². The molecule has 0 heterocycles. The van der Waals surface area contributed by atoms with Gasteiger partial charge in [-0.1, -0.05) is 60.1 Å². The maximum atomic E-state index is 13.2. The van der Waals surface area contributed by atoms with Crippen LogP contribution < -0.4 is 4.90 Å². The number of rotatable bonds is 5. The van der Waals surface area contributed by atoms with E-state index in [1.165, 1.54) is 4.90 Å². The summed E-state index contributed by atoms with van der Waals surface area (Å²) < 4.78 is 5.75. The van der Waals surface area contributed by atoms with Gasteiger partial charge in [-0.25, -0.2) is 9.59 Å². The average molecular weight is 434 g/mol. The van der Waals surface area contributed by atoms with Crippen LogP contribution in [-0.2, 0) is 9.53 Å². The van der Waals surface area contributed by atoms with Gasteiger partial charge in [-0.15, -0.1) is 0 Å². The van der Waals surface area contributed by atoms with Gasteiger partial charge in [-0.05, 0) is 59.4 Å². The van der Waals surface area contributed by atoms with Crippen LogP contribution in [-0.4, -0.2) is 29.3 Å². The highest BCUT2D eigenvalue weighted by Gasteiger charge is 2.58. The number of carbonyl (C=O) groups is 2. The maximum Gasteiger partial charge on any atom is 0.415 e. The maximum absolute atomic E-state index is 13.2. The third-order valence-electron chi connectivity index (χ3n) is 6.15. The minimum absolute atomic E-state index is 0.0941. The summed E-state index contributed by atoms with van der Waals surface area (Å²) in [6.45, 7) is 0.132. The summed E-state index contributed by atoms with van der Waals surface area (Å²) in [5.41, 5.74) is 3.68. The molecule has 0 atom stereocenters. The van der Waals surface area contributed by atoms with Crippen LogP contribution in [0.1, 0.15) is 29.9 Å². The fraction of sp³-hybridized carbons (Fsp3) is 0.200. The number of benzene rings is 3. The van der Waals surface area contributed by atoms with Crippen molar-refractivity contribution < 1.29 is 19.4 Å². The minimum atomic E-state index is -1.27. The molecular formula is C25H20ClNO4. The van der Waals surface area contributed by atoms with E-state index < -0.39 is 17.6 Å². The number of hydrogen-bond donors (Lipinski definition) is 1. The quantitative estimate of drug-likeness (QED) is 0.559. The Morgan fingerprint density at radius 1 is 0.935 bits per heavy atom. The minimum Gasteiger partial charge on any atom is -0.479 e. The Labute approximate surface area is 184 Å². The molecule has 2 aliphatic rings. The van der Waals surface area contributed by atoms with Gasteiger partial charge in [-0.3, -0.25) is 4.90 Å². The molecule has 1 fully saturated rings. The predicted octanol–water partition coefficient (Wildman–Crippen LogP) is 5.71. The number of carbonyl (C=O) groups excluding carboxylic acids is 1. The Kier molecular flexibility index (Phi) is 4.71. The van der Waals surface area contributed by atoms with E-state index in [0.29, 0.717) is 23.6 Å².